The van der Waals surface area contributed by atoms with Crippen LogP contribution in [0.5, 0.6) is 0 Å². The van der Waals surface area contributed by atoms with Crippen LogP contribution in [0.4, 0.5) is 17.5 Å². The van der Waals surface area contributed by atoms with Gasteiger partial charge in [-0.05, 0) is 62.4 Å². The fourth-order valence-electron chi connectivity index (χ4n) is 2.80. The molecule has 0 saturated heterocycles. The first-order valence-corrected chi connectivity index (χ1v) is 11.6. The molecule has 0 fully saturated rings. The lowest BCUT2D eigenvalue weighted by Crippen LogP contribution is -2.13. The summed E-state index contributed by atoms with van der Waals surface area (Å²) < 4.78 is 32.7. The van der Waals surface area contributed by atoms with Gasteiger partial charge in [-0.15, -0.1) is 0 Å². The maximum absolute atomic E-state index is 12.6. The third kappa shape index (κ3) is 4.69. The van der Waals surface area contributed by atoms with E-state index in [2.05, 4.69) is 25.2 Å². The molecule has 11 heteroatoms. The Bertz CT molecular complexity index is 1390. The van der Waals surface area contributed by atoms with Gasteiger partial charge >= 0.3 is 0 Å². The molecule has 0 unspecified atom stereocenters. The summed E-state index contributed by atoms with van der Waals surface area (Å²) in [6.45, 7) is 3.46. The number of halogens is 2. The third-order valence-corrected chi connectivity index (χ3v) is 6.56. The van der Waals surface area contributed by atoms with Crippen LogP contribution in [0.15, 0.2) is 64.1 Å². The van der Waals surface area contributed by atoms with E-state index in [0.29, 0.717) is 44.2 Å². The molecule has 4 aromatic rings. The molecular weight excluding hydrogens is 473 g/mol. The first kappa shape index (κ1) is 22.1. The van der Waals surface area contributed by atoms with Crippen LogP contribution in [0.2, 0.25) is 10.0 Å². The summed E-state index contributed by atoms with van der Waals surface area (Å²) in [6, 6.07) is 13.0. The number of sulfonamides is 1. The van der Waals surface area contributed by atoms with Crippen molar-refractivity contribution >= 4 is 50.7 Å². The van der Waals surface area contributed by atoms with Crippen LogP contribution in [0.25, 0.3) is 11.3 Å². The van der Waals surface area contributed by atoms with Gasteiger partial charge in [0.1, 0.15) is 0 Å². The summed E-state index contributed by atoms with van der Waals surface area (Å²) in [5.74, 6) is 0.422. The van der Waals surface area contributed by atoms with Gasteiger partial charge in [0, 0.05) is 28.0 Å². The van der Waals surface area contributed by atoms with E-state index in [1.807, 2.05) is 0 Å². The Morgan fingerprint density at radius 3 is 2.41 bits per heavy atom. The van der Waals surface area contributed by atoms with Crippen molar-refractivity contribution < 1.29 is 12.9 Å². The average molecular weight is 490 g/mol. The highest BCUT2D eigenvalue weighted by Crippen LogP contribution is 2.30. The Labute approximate surface area is 194 Å². The summed E-state index contributed by atoms with van der Waals surface area (Å²) in [7, 11) is -3.83. The van der Waals surface area contributed by atoms with Crippen molar-refractivity contribution in [2.45, 2.75) is 18.7 Å². The number of benzene rings is 2. The van der Waals surface area contributed by atoms with Crippen LogP contribution in [0.3, 0.4) is 0 Å². The van der Waals surface area contributed by atoms with E-state index < -0.39 is 10.0 Å². The molecule has 0 bridgehead atoms. The minimum Gasteiger partial charge on any atom is -0.337 e. The Morgan fingerprint density at radius 2 is 1.75 bits per heavy atom. The number of nitrogens with zero attached hydrogens (tertiary/aromatic N) is 3. The highest BCUT2D eigenvalue weighted by molar-refractivity contribution is 7.92. The molecule has 0 aliphatic heterocycles. The van der Waals surface area contributed by atoms with Crippen molar-refractivity contribution in [3.63, 3.8) is 0 Å². The van der Waals surface area contributed by atoms with E-state index in [9.17, 15) is 8.42 Å². The molecule has 0 aliphatic rings. The first-order valence-electron chi connectivity index (χ1n) is 9.34. The average Bonchev–Trinajstić information content (AvgIpc) is 3.06. The number of hydrogen-bond donors (Lipinski definition) is 2. The quantitative estimate of drug-likeness (QED) is 0.362. The van der Waals surface area contributed by atoms with Crippen LogP contribution < -0.4 is 10.0 Å². The van der Waals surface area contributed by atoms with Gasteiger partial charge in [-0.25, -0.2) is 23.1 Å². The van der Waals surface area contributed by atoms with Gasteiger partial charge in [0.2, 0.25) is 11.8 Å². The van der Waals surface area contributed by atoms with Gasteiger partial charge in [0.05, 0.1) is 21.3 Å². The zero-order valence-corrected chi connectivity index (χ0v) is 19.3. The van der Waals surface area contributed by atoms with Gasteiger partial charge in [0.25, 0.3) is 10.0 Å². The Morgan fingerprint density at radius 1 is 1.00 bits per heavy atom. The Balaban J connectivity index is 1.52. The molecule has 2 aromatic carbocycles. The second-order valence-electron chi connectivity index (χ2n) is 6.87. The zero-order valence-electron chi connectivity index (χ0n) is 16.9. The van der Waals surface area contributed by atoms with Gasteiger partial charge in [-0.3, -0.25) is 0 Å². The second-order valence-corrected chi connectivity index (χ2v) is 9.39. The van der Waals surface area contributed by atoms with Crippen LogP contribution in [-0.2, 0) is 10.0 Å². The topological polar surface area (TPSA) is 110 Å². The van der Waals surface area contributed by atoms with Crippen molar-refractivity contribution in [1.82, 2.24) is 15.1 Å². The van der Waals surface area contributed by atoms with E-state index in [0.717, 1.165) is 0 Å². The molecule has 8 nitrogen and oxygen atoms in total. The largest absolute Gasteiger partial charge is 0.337 e. The van der Waals surface area contributed by atoms with Gasteiger partial charge in [-0.1, -0.05) is 28.4 Å². The van der Waals surface area contributed by atoms with E-state index in [1.165, 1.54) is 12.1 Å². The van der Waals surface area contributed by atoms with Crippen LogP contribution >= 0.6 is 23.2 Å². The molecule has 0 saturated carbocycles. The summed E-state index contributed by atoms with van der Waals surface area (Å²) in [5, 5.41) is 7.81. The normalized spacial score (nSPS) is 11.4. The molecule has 0 amide bonds. The first-order chi connectivity index (χ1) is 15.2. The molecule has 0 spiro atoms. The molecule has 2 aromatic heterocycles. The van der Waals surface area contributed by atoms with Crippen molar-refractivity contribution in [2.24, 2.45) is 0 Å². The molecule has 2 heterocycles. The number of rotatable bonds is 6. The number of aryl methyl sites for hydroxylation is 1. The van der Waals surface area contributed by atoms with Crippen LogP contribution in [-0.4, -0.2) is 23.5 Å². The Kier molecular flexibility index (Phi) is 6.05. The SMILES string of the molecule is Cc1noc(NS(=O)(=O)c2ccc(Nc3nccc(-c4ccc(Cl)cc4Cl)n3)cc2)c1C. The summed E-state index contributed by atoms with van der Waals surface area (Å²) in [4.78, 5) is 8.74. The van der Waals surface area contributed by atoms with Gasteiger partial charge < -0.3 is 9.84 Å². The lowest BCUT2D eigenvalue weighted by atomic mass is 10.1. The molecule has 164 valence electrons. The predicted molar refractivity (Wildman–Crippen MR) is 124 cm³/mol. The van der Waals surface area contributed by atoms with E-state index >= 15 is 0 Å². The van der Waals surface area contributed by atoms with Crippen molar-refractivity contribution in [3.05, 3.63) is 76.0 Å². The number of anilines is 3. The maximum Gasteiger partial charge on any atom is 0.264 e. The van der Waals surface area contributed by atoms with E-state index in [1.54, 1.807) is 56.4 Å². The number of aromatic nitrogens is 3. The third-order valence-electron chi connectivity index (χ3n) is 4.67. The van der Waals surface area contributed by atoms with Gasteiger partial charge in [-0.2, -0.15) is 0 Å². The lowest BCUT2D eigenvalue weighted by molar-refractivity contribution is 0.430. The molecule has 32 heavy (non-hydrogen) atoms. The minimum atomic E-state index is -3.83. The smallest absolute Gasteiger partial charge is 0.264 e. The number of hydrogen-bond acceptors (Lipinski definition) is 7. The second kappa shape index (κ2) is 8.78. The molecule has 0 aliphatic carbocycles. The highest BCUT2D eigenvalue weighted by Gasteiger charge is 2.19. The summed E-state index contributed by atoms with van der Waals surface area (Å²) in [6.07, 6.45) is 1.60. The lowest BCUT2D eigenvalue weighted by Gasteiger charge is -2.09. The Hall–Kier alpha value is -3.14. The fraction of sp³-hybridized carbons (Fsp3) is 0.0952. The van der Waals surface area contributed by atoms with Crippen LogP contribution in [0, 0.1) is 13.8 Å². The summed E-state index contributed by atoms with van der Waals surface area (Å²) in [5.41, 5.74) is 3.18. The predicted octanol–water partition coefficient (Wildman–Crippen LogP) is 5.60. The molecular formula is C21H17Cl2N5O3S. The van der Waals surface area contributed by atoms with Crippen molar-refractivity contribution in [3.8, 4) is 11.3 Å². The van der Waals surface area contributed by atoms with Gasteiger partial charge in [0.15, 0.2) is 0 Å². The van der Waals surface area contributed by atoms with E-state index in [4.69, 9.17) is 27.7 Å². The zero-order chi connectivity index (χ0) is 22.9. The minimum absolute atomic E-state index is 0.0686. The van der Waals surface area contributed by atoms with Crippen molar-refractivity contribution in [2.75, 3.05) is 10.0 Å². The highest BCUT2D eigenvalue weighted by atomic mass is 35.5. The fourth-order valence-corrected chi connectivity index (χ4v) is 4.36. The van der Waals surface area contributed by atoms with E-state index in [-0.39, 0.29) is 10.8 Å². The monoisotopic (exact) mass is 489 g/mol. The molecule has 2 N–H and O–H groups in total. The molecule has 0 atom stereocenters. The standard InChI is InChI=1S/C21H17Cl2N5O3S/c1-12-13(2)27-31-20(12)28-32(29,30)16-6-4-15(5-7-16)25-21-24-10-9-19(26-21)17-8-3-14(22)11-18(17)23/h3-11,28H,1-2H3,(H,24,25,26). The molecule has 4 rings (SSSR count). The molecule has 0 radical (unpaired) electrons. The maximum atomic E-state index is 12.6. The van der Waals surface area contributed by atoms with Crippen LogP contribution in [0.1, 0.15) is 11.3 Å². The number of nitrogens with one attached hydrogen (secondary N) is 2. The van der Waals surface area contributed by atoms with Crippen molar-refractivity contribution in [1.29, 1.82) is 0 Å². The summed E-state index contributed by atoms with van der Waals surface area (Å²) >= 11 is 12.2.